The Morgan fingerprint density at radius 2 is 1.73 bits per heavy atom. The van der Waals surface area contributed by atoms with Gasteiger partial charge in [-0.1, -0.05) is 36.4 Å². The van der Waals surface area contributed by atoms with E-state index in [4.69, 9.17) is 0 Å². The fourth-order valence-electron chi connectivity index (χ4n) is 2.84. The van der Waals surface area contributed by atoms with Gasteiger partial charge < -0.3 is 10.2 Å². The number of aromatic nitrogens is 2. The lowest BCUT2D eigenvalue weighted by atomic mass is 10.1. The molecule has 0 bridgehead atoms. The van der Waals surface area contributed by atoms with Crippen molar-refractivity contribution in [2.45, 2.75) is 20.3 Å². The molecule has 0 spiro atoms. The van der Waals surface area contributed by atoms with Gasteiger partial charge >= 0.3 is 0 Å². The third-order valence-corrected chi connectivity index (χ3v) is 4.13. The summed E-state index contributed by atoms with van der Waals surface area (Å²) in [6.45, 7) is 5.40. The van der Waals surface area contributed by atoms with Gasteiger partial charge in [-0.2, -0.15) is 4.98 Å². The zero-order valence-electron chi connectivity index (χ0n) is 15.1. The van der Waals surface area contributed by atoms with Crippen LogP contribution in [0.1, 0.15) is 18.2 Å². The Kier molecular flexibility index (Phi) is 5.79. The average molecular weight is 350 g/mol. The number of para-hydroxylation sites is 1. The van der Waals surface area contributed by atoms with Gasteiger partial charge in [0.05, 0.1) is 0 Å². The third-order valence-electron chi connectivity index (χ3n) is 4.13. The van der Waals surface area contributed by atoms with Crippen LogP contribution < -0.4 is 10.2 Å². The zero-order chi connectivity index (χ0) is 18.4. The first-order chi connectivity index (χ1) is 12.7. The van der Waals surface area contributed by atoms with E-state index in [-0.39, 0.29) is 5.82 Å². The van der Waals surface area contributed by atoms with Crippen LogP contribution in [0, 0.1) is 12.7 Å². The second kappa shape index (κ2) is 8.43. The maximum Gasteiger partial charge on any atom is 0.232 e. The summed E-state index contributed by atoms with van der Waals surface area (Å²) in [5.74, 6) is 1.24. The number of halogens is 1. The highest BCUT2D eigenvalue weighted by molar-refractivity contribution is 5.58. The smallest absolute Gasteiger partial charge is 0.232 e. The summed E-state index contributed by atoms with van der Waals surface area (Å²) in [7, 11) is 0. The van der Waals surface area contributed by atoms with E-state index < -0.39 is 0 Å². The van der Waals surface area contributed by atoms with Crippen LogP contribution in [0.2, 0.25) is 0 Å². The van der Waals surface area contributed by atoms with Gasteiger partial charge in [-0.05, 0) is 44.0 Å². The molecule has 0 aliphatic heterocycles. The van der Waals surface area contributed by atoms with Crippen molar-refractivity contribution in [2.75, 3.05) is 23.3 Å². The molecule has 0 saturated heterocycles. The summed E-state index contributed by atoms with van der Waals surface area (Å²) >= 11 is 0. The minimum Gasteiger partial charge on any atom is -0.370 e. The van der Waals surface area contributed by atoms with Crippen LogP contribution in [-0.2, 0) is 6.42 Å². The highest BCUT2D eigenvalue weighted by Crippen LogP contribution is 2.23. The summed E-state index contributed by atoms with van der Waals surface area (Å²) in [4.78, 5) is 11.3. The molecule has 3 rings (SSSR count). The summed E-state index contributed by atoms with van der Waals surface area (Å²) in [5.41, 5.74) is 2.64. The Morgan fingerprint density at radius 1 is 1.00 bits per heavy atom. The average Bonchev–Trinajstić information content (AvgIpc) is 2.64. The molecule has 1 heterocycles. The van der Waals surface area contributed by atoms with Crippen molar-refractivity contribution in [3.05, 3.63) is 77.7 Å². The number of aryl methyl sites for hydroxylation is 1. The SMILES string of the molecule is CCN(c1ccccc1)c1nc(C)cc(NCCc2ccccc2F)n1. The van der Waals surface area contributed by atoms with E-state index in [0.29, 0.717) is 24.5 Å². The molecular weight excluding hydrogens is 327 g/mol. The second-order valence-corrected chi connectivity index (χ2v) is 6.04. The van der Waals surface area contributed by atoms with Crippen molar-refractivity contribution in [3.8, 4) is 0 Å². The molecule has 1 aromatic heterocycles. The van der Waals surface area contributed by atoms with Crippen LogP contribution >= 0.6 is 0 Å². The maximum atomic E-state index is 13.7. The summed E-state index contributed by atoms with van der Waals surface area (Å²) < 4.78 is 13.7. The van der Waals surface area contributed by atoms with Gasteiger partial charge in [-0.3, -0.25) is 0 Å². The highest BCUT2D eigenvalue weighted by atomic mass is 19.1. The van der Waals surface area contributed by atoms with Crippen LogP contribution in [0.3, 0.4) is 0 Å². The standard InChI is InChI=1S/C21H23FN4/c1-3-26(18-10-5-4-6-11-18)21-24-16(2)15-20(25-21)23-14-13-17-9-7-8-12-19(17)22/h4-12,15H,3,13-14H2,1-2H3,(H,23,24,25). The Labute approximate surface area is 153 Å². The van der Waals surface area contributed by atoms with E-state index in [1.54, 1.807) is 6.07 Å². The number of rotatable bonds is 7. The number of nitrogens with one attached hydrogen (secondary N) is 1. The summed E-state index contributed by atoms with van der Waals surface area (Å²) in [5, 5.41) is 3.29. The number of hydrogen-bond acceptors (Lipinski definition) is 4. The molecule has 0 fully saturated rings. The normalized spacial score (nSPS) is 10.6. The first-order valence-corrected chi connectivity index (χ1v) is 8.83. The molecule has 0 saturated carbocycles. The van der Waals surface area contributed by atoms with E-state index >= 15 is 0 Å². The molecule has 3 aromatic rings. The van der Waals surface area contributed by atoms with Crippen molar-refractivity contribution in [3.63, 3.8) is 0 Å². The second-order valence-electron chi connectivity index (χ2n) is 6.04. The highest BCUT2D eigenvalue weighted by Gasteiger charge is 2.12. The van der Waals surface area contributed by atoms with Crippen molar-refractivity contribution < 1.29 is 4.39 Å². The summed E-state index contributed by atoms with van der Waals surface area (Å²) in [6, 6.07) is 18.8. The van der Waals surface area contributed by atoms with Crippen LogP contribution in [0.5, 0.6) is 0 Å². The van der Waals surface area contributed by atoms with Crippen molar-refractivity contribution >= 4 is 17.5 Å². The molecule has 0 amide bonds. The zero-order valence-corrected chi connectivity index (χ0v) is 15.1. The Bertz CT molecular complexity index is 852. The van der Waals surface area contributed by atoms with Gasteiger partial charge in [0.25, 0.3) is 0 Å². The van der Waals surface area contributed by atoms with Crippen LogP contribution in [0.15, 0.2) is 60.7 Å². The Morgan fingerprint density at radius 3 is 2.46 bits per heavy atom. The topological polar surface area (TPSA) is 41.1 Å². The third kappa shape index (κ3) is 4.36. The molecule has 134 valence electrons. The van der Waals surface area contributed by atoms with E-state index in [0.717, 1.165) is 23.7 Å². The number of hydrogen-bond donors (Lipinski definition) is 1. The molecule has 2 aromatic carbocycles. The fraction of sp³-hybridized carbons (Fsp3) is 0.238. The molecule has 26 heavy (non-hydrogen) atoms. The van der Waals surface area contributed by atoms with Gasteiger partial charge in [0.2, 0.25) is 5.95 Å². The monoisotopic (exact) mass is 350 g/mol. The predicted molar refractivity (Wildman–Crippen MR) is 104 cm³/mol. The van der Waals surface area contributed by atoms with Crippen LogP contribution in [-0.4, -0.2) is 23.1 Å². The number of nitrogens with zero attached hydrogens (tertiary/aromatic N) is 3. The van der Waals surface area contributed by atoms with Crippen LogP contribution in [0.4, 0.5) is 21.8 Å². The van der Waals surface area contributed by atoms with Gasteiger partial charge in [0.1, 0.15) is 11.6 Å². The molecule has 5 heteroatoms. The molecular formula is C21H23FN4. The van der Waals surface area contributed by atoms with Crippen molar-refractivity contribution in [2.24, 2.45) is 0 Å². The van der Waals surface area contributed by atoms with Gasteiger partial charge in [-0.25, -0.2) is 9.37 Å². The quantitative estimate of drug-likeness (QED) is 0.668. The largest absolute Gasteiger partial charge is 0.370 e. The van der Waals surface area contributed by atoms with Gasteiger partial charge in [-0.15, -0.1) is 0 Å². The van der Waals surface area contributed by atoms with Gasteiger partial charge in [0.15, 0.2) is 0 Å². The molecule has 0 unspecified atom stereocenters. The molecule has 0 radical (unpaired) electrons. The fourth-order valence-corrected chi connectivity index (χ4v) is 2.84. The summed E-state index contributed by atoms with van der Waals surface area (Å²) in [6.07, 6.45) is 0.598. The molecule has 4 nitrogen and oxygen atoms in total. The number of benzene rings is 2. The van der Waals surface area contributed by atoms with Crippen LogP contribution in [0.25, 0.3) is 0 Å². The van der Waals surface area contributed by atoms with E-state index in [1.807, 2.05) is 55.5 Å². The molecule has 0 atom stereocenters. The van der Waals surface area contributed by atoms with Crippen molar-refractivity contribution in [1.29, 1.82) is 0 Å². The Balaban J connectivity index is 1.74. The predicted octanol–water partition coefficient (Wildman–Crippen LogP) is 4.74. The van der Waals surface area contributed by atoms with E-state index in [1.165, 1.54) is 6.07 Å². The minimum atomic E-state index is -0.171. The molecule has 1 N–H and O–H groups in total. The van der Waals surface area contributed by atoms with E-state index in [2.05, 4.69) is 27.1 Å². The first kappa shape index (κ1) is 17.9. The van der Waals surface area contributed by atoms with E-state index in [9.17, 15) is 4.39 Å². The van der Waals surface area contributed by atoms with Gasteiger partial charge in [0, 0.05) is 30.5 Å². The first-order valence-electron chi connectivity index (χ1n) is 8.83. The Hall–Kier alpha value is -2.95. The van der Waals surface area contributed by atoms with Crippen molar-refractivity contribution in [1.82, 2.24) is 9.97 Å². The molecule has 0 aliphatic carbocycles. The minimum absolute atomic E-state index is 0.171. The number of anilines is 3. The lowest BCUT2D eigenvalue weighted by molar-refractivity contribution is 0.610. The maximum absolute atomic E-state index is 13.7. The lowest BCUT2D eigenvalue weighted by Crippen LogP contribution is -2.20. The molecule has 0 aliphatic rings. The lowest BCUT2D eigenvalue weighted by Gasteiger charge is -2.22.